The molecule has 124 valence electrons. The Morgan fingerprint density at radius 2 is 1.87 bits per heavy atom. The van der Waals surface area contributed by atoms with Crippen LogP contribution >= 0.6 is 12.6 Å². The zero-order valence-electron chi connectivity index (χ0n) is 12.3. The molecule has 6 nitrogen and oxygen atoms in total. The number of rotatable bonds is 3. The number of esters is 2. The fourth-order valence-electron chi connectivity index (χ4n) is 2.14. The SMILES string of the molecule is COC(=O)C1=C(C(=O)OC)N(c2c(F)cc(F)cc2S)COC1. The molecule has 0 radical (unpaired) electrons. The van der Waals surface area contributed by atoms with Crippen molar-refractivity contribution >= 4 is 30.3 Å². The number of carbonyl (C=O) groups excluding carboxylic acids is 2. The molecule has 0 N–H and O–H groups in total. The summed E-state index contributed by atoms with van der Waals surface area (Å²) in [6.45, 7) is -0.459. The maximum Gasteiger partial charge on any atom is 0.355 e. The number of thiol groups is 1. The number of halogens is 2. The van der Waals surface area contributed by atoms with Crippen molar-refractivity contribution in [1.82, 2.24) is 0 Å². The van der Waals surface area contributed by atoms with Gasteiger partial charge in [-0.1, -0.05) is 0 Å². The highest BCUT2D eigenvalue weighted by Gasteiger charge is 2.34. The lowest BCUT2D eigenvalue weighted by Crippen LogP contribution is -2.39. The molecule has 0 unspecified atom stereocenters. The van der Waals surface area contributed by atoms with Gasteiger partial charge in [0.05, 0.1) is 32.1 Å². The summed E-state index contributed by atoms with van der Waals surface area (Å²) in [6, 6.07) is 1.61. The third-order valence-corrected chi connectivity index (χ3v) is 3.45. The van der Waals surface area contributed by atoms with E-state index in [1.165, 1.54) is 0 Å². The molecule has 0 saturated heterocycles. The van der Waals surface area contributed by atoms with Crippen LogP contribution in [0.1, 0.15) is 0 Å². The highest BCUT2D eigenvalue weighted by molar-refractivity contribution is 7.80. The summed E-state index contributed by atoms with van der Waals surface area (Å²) in [7, 11) is 2.24. The summed E-state index contributed by atoms with van der Waals surface area (Å²) in [6.07, 6.45) is 0. The van der Waals surface area contributed by atoms with E-state index >= 15 is 0 Å². The molecule has 1 aliphatic rings. The van der Waals surface area contributed by atoms with Crippen LogP contribution in [0.2, 0.25) is 0 Å². The Bertz CT molecular complexity index is 669. The molecule has 23 heavy (non-hydrogen) atoms. The fraction of sp³-hybridized carbons (Fsp3) is 0.286. The van der Waals surface area contributed by atoms with Crippen molar-refractivity contribution in [2.24, 2.45) is 0 Å². The van der Waals surface area contributed by atoms with Crippen LogP contribution in [0.25, 0.3) is 0 Å². The van der Waals surface area contributed by atoms with Crippen LogP contribution < -0.4 is 4.90 Å². The first-order valence-electron chi connectivity index (χ1n) is 6.33. The monoisotopic (exact) mass is 345 g/mol. The zero-order valence-corrected chi connectivity index (χ0v) is 13.2. The molecule has 0 amide bonds. The Morgan fingerprint density at radius 1 is 1.22 bits per heavy atom. The number of hydrogen-bond acceptors (Lipinski definition) is 7. The van der Waals surface area contributed by atoms with Gasteiger partial charge in [-0.25, -0.2) is 18.4 Å². The predicted molar refractivity (Wildman–Crippen MR) is 78.0 cm³/mol. The molecule has 1 heterocycles. The predicted octanol–water partition coefficient (Wildman–Crippen LogP) is 1.65. The Kier molecular flexibility index (Phi) is 5.22. The molecule has 2 rings (SSSR count). The summed E-state index contributed by atoms with van der Waals surface area (Å²) >= 11 is 4.02. The smallest absolute Gasteiger partial charge is 0.355 e. The Hall–Kier alpha value is -2.13. The van der Waals surface area contributed by atoms with Crippen LogP contribution in [0.15, 0.2) is 28.3 Å². The van der Waals surface area contributed by atoms with Gasteiger partial charge >= 0.3 is 11.9 Å². The van der Waals surface area contributed by atoms with Gasteiger partial charge in [0.25, 0.3) is 0 Å². The van der Waals surface area contributed by atoms with Gasteiger partial charge in [-0.2, -0.15) is 0 Å². The van der Waals surface area contributed by atoms with E-state index in [0.29, 0.717) is 6.07 Å². The number of hydrogen-bond donors (Lipinski definition) is 1. The van der Waals surface area contributed by atoms with Crippen molar-refractivity contribution in [3.8, 4) is 0 Å². The molecule has 0 aliphatic carbocycles. The van der Waals surface area contributed by atoms with Crippen LogP contribution in [0.4, 0.5) is 14.5 Å². The van der Waals surface area contributed by atoms with Crippen molar-refractivity contribution in [3.63, 3.8) is 0 Å². The molecule has 0 atom stereocenters. The number of carbonyl (C=O) groups is 2. The number of nitrogens with zero attached hydrogens (tertiary/aromatic N) is 1. The third kappa shape index (κ3) is 3.30. The quantitative estimate of drug-likeness (QED) is 0.664. The topological polar surface area (TPSA) is 65.1 Å². The van der Waals surface area contributed by atoms with Gasteiger partial charge in [-0.05, 0) is 6.07 Å². The molecule has 1 aliphatic heterocycles. The van der Waals surface area contributed by atoms with Crippen molar-refractivity contribution in [2.75, 3.05) is 32.5 Å². The standard InChI is InChI=1S/C14H13F2NO5S/c1-20-13(18)8-5-22-6-17(11(8)14(19)21-2)12-9(16)3-7(15)4-10(12)23/h3-4,23H,5-6H2,1-2H3. The first-order chi connectivity index (χ1) is 10.9. The van der Waals surface area contributed by atoms with Crippen LogP contribution in [-0.4, -0.2) is 39.5 Å². The van der Waals surface area contributed by atoms with Crippen LogP contribution in [0, 0.1) is 11.6 Å². The molecule has 0 fully saturated rings. The zero-order chi connectivity index (χ0) is 17.1. The van der Waals surface area contributed by atoms with Crippen molar-refractivity contribution in [3.05, 3.63) is 35.0 Å². The van der Waals surface area contributed by atoms with Gasteiger partial charge in [0.15, 0.2) is 5.82 Å². The first-order valence-corrected chi connectivity index (χ1v) is 6.78. The number of anilines is 1. The molecular formula is C14H13F2NO5S. The number of methoxy groups -OCH3 is 2. The van der Waals surface area contributed by atoms with Crippen LogP contribution in [0.3, 0.4) is 0 Å². The normalized spacial score (nSPS) is 14.7. The average molecular weight is 345 g/mol. The fourth-order valence-corrected chi connectivity index (χ4v) is 2.49. The van der Waals surface area contributed by atoms with Gasteiger partial charge in [0.1, 0.15) is 18.2 Å². The van der Waals surface area contributed by atoms with E-state index in [-0.39, 0.29) is 35.2 Å². The van der Waals surface area contributed by atoms with Crippen molar-refractivity contribution < 1.29 is 32.6 Å². The average Bonchev–Trinajstić information content (AvgIpc) is 2.52. The van der Waals surface area contributed by atoms with Crippen molar-refractivity contribution in [2.45, 2.75) is 4.90 Å². The molecule has 0 aromatic heterocycles. The van der Waals surface area contributed by atoms with E-state index in [9.17, 15) is 18.4 Å². The molecule has 1 aromatic carbocycles. The lowest BCUT2D eigenvalue weighted by atomic mass is 10.1. The van der Waals surface area contributed by atoms with Gasteiger partial charge < -0.3 is 19.1 Å². The van der Waals surface area contributed by atoms with Crippen LogP contribution in [0.5, 0.6) is 0 Å². The Labute approximate surface area is 136 Å². The van der Waals surface area contributed by atoms with E-state index in [4.69, 9.17) is 4.74 Å². The minimum absolute atomic E-state index is 0.0707. The van der Waals surface area contributed by atoms with Crippen molar-refractivity contribution in [1.29, 1.82) is 0 Å². The number of ether oxygens (including phenoxy) is 3. The highest BCUT2D eigenvalue weighted by Crippen LogP contribution is 2.34. The van der Waals surface area contributed by atoms with Gasteiger partial charge in [0.2, 0.25) is 0 Å². The van der Waals surface area contributed by atoms with Gasteiger partial charge in [0, 0.05) is 11.0 Å². The molecule has 1 aromatic rings. The number of benzene rings is 1. The minimum atomic E-state index is -0.967. The summed E-state index contributed by atoms with van der Waals surface area (Å²) < 4.78 is 41.9. The maximum atomic E-state index is 14.2. The summed E-state index contributed by atoms with van der Waals surface area (Å²) in [4.78, 5) is 24.9. The van der Waals surface area contributed by atoms with Gasteiger partial charge in [-0.15, -0.1) is 12.6 Å². The summed E-state index contributed by atoms with van der Waals surface area (Å²) in [5.41, 5.74) is -0.593. The second kappa shape index (κ2) is 6.97. The van der Waals surface area contributed by atoms with E-state index in [2.05, 4.69) is 22.1 Å². The van der Waals surface area contributed by atoms with Gasteiger partial charge in [-0.3, -0.25) is 0 Å². The van der Waals surface area contributed by atoms with Crippen LogP contribution in [-0.2, 0) is 23.8 Å². The molecule has 0 spiro atoms. The van der Waals surface area contributed by atoms with E-state index in [1.54, 1.807) is 0 Å². The minimum Gasteiger partial charge on any atom is -0.466 e. The highest BCUT2D eigenvalue weighted by atomic mass is 32.1. The van der Waals surface area contributed by atoms with E-state index in [0.717, 1.165) is 25.2 Å². The second-order valence-electron chi connectivity index (χ2n) is 4.47. The summed E-state index contributed by atoms with van der Waals surface area (Å²) in [5, 5.41) is 0. The lowest BCUT2D eigenvalue weighted by molar-refractivity contribution is -0.140. The molecule has 0 saturated carbocycles. The largest absolute Gasteiger partial charge is 0.466 e. The van der Waals surface area contributed by atoms with E-state index in [1.807, 2.05) is 0 Å². The Balaban J connectivity index is 2.65. The summed E-state index contributed by atoms with van der Waals surface area (Å²) in [5.74, 6) is -3.50. The molecule has 0 bridgehead atoms. The first kappa shape index (κ1) is 17.2. The van der Waals surface area contributed by atoms with E-state index < -0.39 is 23.6 Å². The second-order valence-corrected chi connectivity index (χ2v) is 4.95. The lowest BCUT2D eigenvalue weighted by Gasteiger charge is -2.32. The molecular weight excluding hydrogens is 332 g/mol. The maximum absolute atomic E-state index is 14.2. The third-order valence-electron chi connectivity index (χ3n) is 3.11. The Morgan fingerprint density at radius 3 is 2.43 bits per heavy atom. The molecule has 9 heteroatoms.